The van der Waals surface area contributed by atoms with Gasteiger partial charge in [0.15, 0.2) is 12.9 Å². The van der Waals surface area contributed by atoms with Crippen LogP contribution in [0.15, 0.2) is 0 Å². The number of ether oxygens (including phenoxy) is 5. The number of fused-ring (bicyclic) bond motifs is 4. The Morgan fingerprint density at radius 1 is 0.930 bits per heavy atom. The van der Waals surface area contributed by atoms with Crippen molar-refractivity contribution in [2.24, 2.45) is 58.2 Å². The minimum Gasteiger partial charge on any atom is -0.465 e. The molecule has 57 heavy (non-hydrogen) atoms. The van der Waals surface area contributed by atoms with Crippen LogP contribution in [0.5, 0.6) is 0 Å². The highest BCUT2D eigenvalue weighted by atomic mass is 32.2. The molecule has 16 heteroatoms. The number of halogens is 2. The maximum Gasteiger partial charge on any atom is 0.402 e. The number of alkyl halides is 2. The Hall–Kier alpha value is -2.56. The Morgan fingerprint density at radius 2 is 1.65 bits per heavy atom. The fourth-order valence-corrected chi connectivity index (χ4v) is 11.2. The second-order valence-electron chi connectivity index (χ2n) is 18.6. The van der Waals surface area contributed by atoms with Gasteiger partial charge in [0.25, 0.3) is 0 Å². The molecule has 322 valence electrons. The lowest BCUT2D eigenvalue weighted by Crippen LogP contribution is -2.52. The lowest BCUT2D eigenvalue weighted by molar-refractivity contribution is -0.268. The summed E-state index contributed by atoms with van der Waals surface area (Å²) in [4.78, 5) is 64.8. The zero-order chi connectivity index (χ0) is 41.0. The van der Waals surface area contributed by atoms with E-state index in [0.29, 0.717) is 44.4 Å². The summed E-state index contributed by atoms with van der Waals surface area (Å²) in [6, 6.07) is 0. The van der Waals surface area contributed by atoms with Crippen molar-refractivity contribution in [1.82, 2.24) is 0 Å². The zero-order valence-electron chi connectivity index (χ0n) is 33.0. The molecular formula is C41H60F2O13S. The monoisotopic (exact) mass is 830 g/mol. The minimum absolute atomic E-state index is 0.0135. The second kappa shape index (κ2) is 18.4. The highest BCUT2D eigenvalue weighted by Crippen LogP contribution is 2.52. The van der Waals surface area contributed by atoms with Crippen molar-refractivity contribution in [1.29, 1.82) is 0 Å². The summed E-state index contributed by atoms with van der Waals surface area (Å²) in [6.45, 7) is -0.259. The van der Waals surface area contributed by atoms with Crippen molar-refractivity contribution >= 4 is 40.1 Å². The molecule has 6 fully saturated rings. The molecule has 5 aliphatic carbocycles. The largest absolute Gasteiger partial charge is 0.465 e. The van der Waals surface area contributed by atoms with Crippen LogP contribution in [0.2, 0.25) is 0 Å². The third-order valence-electron chi connectivity index (χ3n) is 14.0. The highest BCUT2D eigenvalue weighted by molar-refractivity contribution is 7.86. The van der Waals surface area contributed by atoms with E-state index in [1.807, 2.05) is 6.92 Å². The van der Waals surface area contributed by atoms with Crippen molar-refractivity contribution in [3.63, 3.8) is 0 Å². The summed E-state index contributed by atoms with van der Waals surface area (Å²) in [5.74, 6) is -2.02. The van der Waals surface area contributed by atoms with Crippen molar-refractivity contribution in [2.75, 3.05) is 33.0 Å². The Balaban J connectivity index is 1.13. The van der Waals surface area contributed by atoms with Gasteiger partial charge in [0.2, 0.25) is 0 Å². The number of ketones is 1. The maximum absolute atomic E-state index is 13.9. The molecule has 0 aromatic carbocycles. The summed E-state index contributed by atoms with van der Waals surface area (Å²) in [7, 11) is -5.77. The molecule has 0 radical (unpaired) electrons. The van der Waals surface area contributed by atoms with Gasteiger partial charge in [-0.05, 0) is 82.0 Å². The van der Waals surface area contributed by atoms with E-state index in [4.69, 9.17) is 23.5 Å². The van der Waals surface area contributed by atoms with Gasteiger partial charge < -0.3 is 28.5 Å². The van der Waals surface area contributed by atoms with Crippen LogP contribution in [0.3, 0.4) is 0 Å². The molecule has 6 aliphatic rings. The van der Waals surface area contributed by atoms with E-state index >= 15 is 0 Å². The van der Waals surface area contributed by atoms with E-state index in [9.17, 15) is 41.2 Å². The summed E-state index contributed by atoms with van der Waals surface area (Å²) < 4.78 is 87.5. The lowest BCUT2D eigenvalue weighted by atomic mass is 9.59. The van der Waals surface area contributed by atoms with Crippen LogP contribution in [0.25, 0.3) is 0 Å². The van der Waals surface area contributed by atoms with Gasteiger partial charge in [-0.25, -0.2) is 0 Å². The van der Waals surface area contributed by atoms with E-state index in [-0.39, 0.29) is 86.5 Å². The number of rotatable bonds is 16. The zero-order valence-corrected chi connectivity index (χ0v) is 33.9. The van der Waals surface area contributed by atoms with Crippen LogP contribution in [0, 0.1) is 58.2 Å². The predicted octanol–water partition coefficient (Wildman–Crippen LogP) is 6.25. The summed E-state index contributed by atoms with van der Waals surface area (Å²) >= 11 is 0. The van der Waals surface area contributed by atoms with Crippen molar-refractivity contribution < 1.29 is 69.4 Å². The van der Waals surface area contributed by atoms with Gasteiger partial charge in [0.1, 0.15) is 25.3 Å². The van der Waals surface area contributed by atoms with Gasteiger partial charge in [-0.1, -0.05) is 51.9 Å². The summed E-state index contributed by atoms with van der Waals surface area (Å²) in [6.07, 6.45) is 12.6. The van der Waals surface area contributed by atoms with Gasteiger partial charge in [-0.2, -0.15) is 17.2 Å². The number of Topliss-reactive ketones (excluding diaryl/α,β-unsaturated/α-hetero) is 1. The summed E-state index contributed by atoms with van der Waals surface area (Å²) in [5.41, 5.74) is -1.85. The van der Waals surface area contributed by atoms with Crippen LogP contribution in [-0.4, -0.2) is 87.5 Å². The first-order valence-electron chi connectivity index (χ1n) is 21.1. The van der Waals surface area contributed by atoms with E-state index in [2.05, 4.69) is 4.74 Å². The molecule has 0 aromatic heterocycles. The standard InChI is InChI=1S/C41H60F2O13S/c1-26-12-29-15-32(35(26)46)17-33(16-29)36(47)53-21-39(24-56-38(48)40-11-5-8-28(18-40)13-30(19-40)20-44)22-54-37(55-23-39)31(14-27-6-3-2-4-7-27)9-10-34(45)52-25-41(42,43)57(49,50)51/h20,26-33,37H,2-19,21-25H2,1H3,(H,49,50,51). The first-order chi connectivity index (χ1) is 27.0. The van der Waals surface area contributed by atoms with E-state index < -0.39 is 57.0 Å². The Bertz CT molecular complexity index is 1570. The maximum atomic E-state index is 13.9. The fraction of sp³-hybridized carbons (Fsp3) is 0.878. The molecule has 8 atom stereocenters. The molecule has 4 bridgehead atoms. The Labute approximate surface area is 334 Å². The molecule has 1 saturated heterocycles. The molecule has 1 aliphatic heterocycles. The molecule has 5 saturated carbocycles. The fourth-order valence-electron chi connectivity index (χ4n) is 11.0. The number of carbonyl (C=O) groups excluding carboxylic acids is 5. The number of carbonyl (C=O) groups is 5. The number of hydrogen-bond acceptors (Lipinski definition) is 12. The van der Waals surface area contributed by atoms with Crippen LogP contribution < -0.4 is 0 Å². The van der Waals surface area contributed by atoms with E-state index in [1.165, 1.54) is 0 Å². The first kappa shape index (κ1) is 44.0. The van der Waals surface area contributed by atoms with E-state index in [1.54, 1.807) is 0 Å². The van der Waals surface area contributed by atoms with Crippen LogP contribution in [0.1, 0.15) is 122 Å². The van der Waals surface area contributed by atoms with Gasteiger partial charge in [0, 0.05) is 30.1 Å². The third kappa shape index (κ3) is 10.8. The van der Waals surface area contributed by atoms with Gasteiger partial charge in [0.05, 0.1) is 30.0 Å². The molecule has 0 spiro atoms. The first-order valence-corrected chi connectivity index (χ1v) is 22.5. The van der Waals surface area contributed by atoms with E-state index in [0.717, 1.165) is 70.5 Å². The molecule has 8 unspecified atom stereocenters. The van der Waals surface area contributed by atoms with Gasteiger partial charge in [-0.3, -0.25) is 23.7 Å². The normalized spacial score (nSPS) is 35.4. The summed E-state index contributed by atoms with van der Waals surface area (Å²) in [5, 5.41) is -4.65. The van der Waals surface area contributed by atoms with Crippen LogP contribution >= 0.6 is 0 Å². The molecular weight excluding hydrogens is 771 g/mol. The van der Waals surface area contributed by atoms with Crippen LogP contribution in [-0.2, 0) is 57.8 Å². The average molecular weight is 831 g/mol. The minimum atomic E-state index is -5.77. The SMILES string of the molecule is CC1CC2CC(C(=O)OCC3(COC(=O)C45CCCC(CC(C=O)C4)C5)COC(C(CCC(=O)OCC(F)(F)S(=O)(=O)O)CC4CCCCC4)OC3)CC(C2)C1=O. The molecule has 13 nitrogen and oxygen atoms in total. The van der Waals surface area contributed by atoms with Crippen molar-refractivity contribution in [2.45, 2.75) is 134 Å². The highest BCUT2D eigenvalue weighted by Gasteiger charge is 2.51. The quantitative estimate of drug-likeness (QED) is 0.0797. The van der Waals surface area contributed by atoms with Crippen molar-refractivity contribution in [3.05, 3.63) is 0 Å². The number of hydrogen-bond donors (Lipinski definition) is 1. The van der Waals surface area contributed by atoms with Crippen LogP contribution in [0.4, 0.5) is 8.78 Å². The molecule has 1 N–H and O–H groups in total. The third-order valence-corrected chi connectivity index (χ3v) is 14.8. The van der Waals surface area contributed by atoms with Crippen molar-refractivity contribution in [3.8, 4) is 0 Å². The predicted molar refractivity (Wildman–Crippen MR) is 198 cm³/mol. The number of aldehydes is 1. The Kier molecular flexibility index (Phi) is 14.2. The van der Waals surface area contributed by atoms with Gasteiger partial charge in [-0.15, -0.1) is 0 Å². The molecule has 1 heterocycles. The number of esters is 3. The average Bonchev–Trinajstić information content (AvgIpc) is 3.19. The smallest absolute Gasteiger partial charge is 0.402 e. The molecule has 6 rings (SSSR count). The topological polar surface area (TPSA) is 186 Å². The molecule has 0 aromatic rings. The molecule has 0 amide bonds. The second-order valence-corrected chi connectivity index (χ2v) is 20.1. The van der Waals surface area contributed by atoms with Gasteiger partial charge >= 0.3 is 33.3 Å². The Morgan fingerprint density at radius 3 is 2.35 bits per heavy atom. The lowest BCUT2D eigenvalue weighted by Gasteiger charge is -2.46.